The predicted molar refractivity (Wildman–Crippen MR) is 74.2 cm³/mol. The van der Waals surface area contributed by atoms with Gasteiger partial charge in [0.1, 0.15) is 6.61 Å². The fraction of sp³-hybridized carbons (Fsp3) is 0.692. The minimum atomic E-state index is 0.635. The number of rotatable bonds is 8. The summed E-state index contributed by atoms with van der Waals surface area (Å²) in [6.07, 6.45) is 0. The lowest BCUT2D eigenvalue weighted by molar-refractivity contribution is 0.218. The highest BCUT2D eigenvalue weighted by molar-refractivity contribution is 5.30. The number of hydrogen-bond acceptors (Lipinski definition) is 5. The van der Waals surface area contributed by atoms with Crippen molar-refractivity contribution in [2.45, 2.75) is 27.7 Å². The highest BCUT2D eigenvalue weighted by Crippen LogP contribution is 2.11. The van der Waals surface area contributed by atoms with Gasteiger partial charge in [-0.3, -0.25) is 0 Å². The van der Waals surface area contributed by atoms with E-state index in [-0.39, 0.29) is 0 Å². The van der Waals surface area contributed by atoms with Gasteiger partial charge in [0.05, 0.1) is 0 Å². The van der Waals surface area contributed by atoms with E-state index in [2.05, 4.69) is 34.0 Å². The number of hydrogen-bond donors (Lipinski definition) is 1. The quantitative estimate of drug-likeness (QED) is 0.766. The van der Waals surface area contributed by atoms with E-state index in [0.717, 1.165) is 31.9 Å². The molecule has 1 heterocycles. The molecule has 1 aromatic heterocycles. The number of ether oxygens (including phenoxy) is 1. The lowest BCUT2D eigenvalue weighted by Gasteiger charge is -2.17. The molecule has 0 atom stereocenters. The summed E-state index contributed by atoms with van der Waals surface area (Å²) in [5, 5.41) is 3.10. The molecule has 0 aliphatic heterocycles. The van der Waals surface area contributed by atoms with Gasteiger partial charge in [0.25, 0.3) is 0 Å². The van der Waals surface area contributed by atoms with E-state index in [0.29, 0.717) is 18.4 Å². The van der Waals surface area contributed by atoms with Gasteiger partial charge >= 0.3 is 0 Å². The summed E-state index contributed by atoms with van der Waals surface area (Å²) in [6.45, 7) is 12.8. The van der Waals surface area contributed by atoms with Crippen LogP contribution < -0.4 is 10.1 Å². The number of nitrogens with one attached hydrogen (secondary N) is 1. The van der Waals surface area contributed by atoms with Crippen molar-refractivity contribution in [2.24, 2.45) is 0 Å². The van der Waals surface area contributed by atoms with Gasteiger partial charge in [-0.1, -0.05) is 13.8 Å². The lowest BCUT2D eigenvalue weighted by Crippen LogP contribution is -2.28. The Balaban J connectivity index is 2.51. The smallest absolute Gasteiger partial charge is 0.226 e. The van der Waals surface area contributed by atoms with Crippen molar-refractivity contribution in [1.82, 2.24) is 14.9 Å². The van der Waals surface area contributed by atoms with Gasteiger partial charge in [-0.25, -0.2) is 4.98 Å². The molecule has 1 aromatic rings. The second-order valence-electron chi connectivity index (χ2n) is 4.08. The van der Waals surface area contributed by atoms with Crippen molar-refractivity contribution in [3.8, 4) is 5.88 Å². The van der Waals surface area contributed by atoms with Crippen LogP contribution >= 0.6 is 0 Å². The topological polar surface area (TPSA) is 50.3 Å². The molecule has 0 fully saturated rings. The molecule has 5 heteroatoms. The molecule has 0 radical (unpaired) electrons. The average Bonchev–Trinajstić information content (AvgIpc) is 2.34. The van der Waals surface area contributed by atoms with Crippen molar-refractivity contribution < 1.29 is 4.74 Å². The Morgan fingerprint density at radius 1 is 1.22 bits per heavy atom. The maximum absolute atomic E-state index is 5.68. The minimum absolute atomic E-state index is 0.635. The predicted octanol–water partition coefficient (Wildman–Crippen LogP) is 1.94. The first-order valence-corrected chi connectivity index (χ1v) is 6.64. The number of likely N-dealkylation sites (N-methyl/N-ethyl adjacent to an activating group) is 1. The van der Waals surface area contributed by atoms with E-state index < -0.39 is 0 Å². The third-order valence-corrected chi connectivity index (χ3v) is 2.72. The van der Waals surface area contributed by atoms with Crippen LogP contribution in [0.3, 0.4) is 0 Å². The van der Waals surface area contributed by atoms with Crippen molar-refractivity contribution >= 4 is 5.95 Å². The van der Waals surface area contributed by atoms with Crippen LogP contribution in [0.4, 0.5) is 5.95 Å². The third kappa shape index (κ3) is 4.87. The fourth-order valence-corrected chi connectivity index (χ4v) is 1.67. The largest absolute Gasteiger partial charge is 0.476 e. The molecule has 5 nitrogen and oxygen atoms in total. The van der Waals surface area contributed by atoms with Gasteiger partial charge < -0.3 is 15.0 Å². The van der Waals surface area contributed by atoms with E-state index >= 15 is 0 Å². The first kappa shape index (κ1) is 14.7. The molecule has 0 unspecified atom stereocenters. The third-order valence-electron chi connectivity index (χ3n) is 2.72. The van der Waals surface area contributed by atoms with E-state index in [1.54, 1.807) is 0 Å². The van der Waals surface area contributed by atoms with Gasteiger partial charge in [-0.2, -0.15) is 4.98 Å². The number of aromatic nitrogens is 2. The summed E-state index contributed by atoms with van der Waals surface area (Å²) in [5.41, 5.74) is 0.916. The Morgan fingerprint density at radius 3 is 2.56 bits per heavy atom. The number of aryl methyl sites for hydroxylation is 1. The Labute approximate surface area is 110 Å². The highest BCUT2D eigenvalue weighted by Gasteiger charge is 2.04. The van der Waals surface area contributed by atoms with Crippen molar-refractivity contribution in [3.05, 3.63) is 11.8 Å². The van der Waals surface area contributed by atoms with Crippen LogP contribution in [0, 0.1) is 6.92 Å². The second-order valence-corrected chi connectivity index (χ2v) is 4.08. The molecule has 0 saturated carbocycles. The normalized spacial score (nSPS) is 10.7. The summed E-state index contributed by atoms with van der Waals surface area (Å²) in [6, 6.07) is 1.86. The molecule has 1 N–H and O–H groups in total. The fourth-order valence-electron chi connectivity index (χ4n) is 1.67. The molecule has 18 heavy (non-hydrogen) atoms. The molecule has 0 aliphatic carbocycles. The molecule has 102 valence electrons. The molecular weight excluding hydrogens is 228 g/mol. The Morgan fingerprint density at radius 2 is 1.94 bits per heavy atom. The van der Waals surface area contributed by atoms with Crippen LogP contribution in [0.1, 0.15) is 26.5 Å². The summed E-state index contributed by atoms with van der Waals surface area (Å²) in [5.74, 6) is 1.28. The maximum atomic E-state index is 5.68. The van der Waals surface area contributed by atoms with Crippen LogP contribution in [0.2, 0.25) is 0 Å². The monoisotopic (exact) mass is 252 g/mol. The van der Waals surface area contributed by atoms with Gasteiger partial charge in [-0.15, -0.1) is 0 Å². The zero-order valence-corrected chi connectivity index (χ0v) is 11.9. The van der Waals surface area contributed by atoms with Gasteiger partial charge in [-0.05, 0) is 26.9 Å². The molecule has 0 saturated heterocycles. The van der Waals surface area contributed by atoms with Crippen LogP contribution in [-0.4, -0.2) is 47.7 Å². The van der Waals surface area contributed by atoms with Crippen LogP contribution in [0.15, 0.2) is 6.07 Å². The van der Waals surface area contributed by atoms with E-state index in [9.17, 15) is 0 Å². The van der Waals surface area contributed by atoms with Crippen LogP contribution in [-0.2, 0) is 0 Å². The summed E-state index contributed by atoms with van der Waals surface area (Å²) in [7, 11) is 0. The first-order chi connectivity index (χ1) is 8.69. The van der Waals surface area contributed by atoms with Gasteiger partial charge in [0.2, 0.25) is 11.8 Å². The van der Waals surface area contributed by atoms with Crippen LogP contribution in [0.25, 0.3) is 0 Å². The average molecular weight is 252 g/mol. The van der Waals surface area contributed by atoms with E-state index in [1.165, 1.54) is 0 Å². The molecule has 0 amide bonds. The lowest BCUT2D eigenvalue weighted by atomic mass is 10.4. The van der Waals surface area contributed by atoms with Crippen molar-refractivity contribution in [2.75, 3.05) is 38.1 Å². The van der Waals surface area contributed by atoms with Gasteiger partial charge in [0.15, 0.2) is 0 Å². The maximum Gasteiger partial charge on any atom is 0.226 e. The summed E-state index contributed by atoms with van der Waals surface area (Å²) < 4.78 is 5.68. The van der Waals surface area contributed by atoms with E-state index in [4.69, 9.17) is 4.74 Å². The molecule has 1 rings (SSSR count). The summed E-state index contributed by atoms with van der Waals surface area (Å²) in [4.78, 5) is 10.9. The molecule has 0 spiro atoms. The summed E-state index contributed by atoms with van der Waals surface area (Å²) >= 11 is 0. The number of nitrogens with zero attached hydrogens (tertiary/aromatic N) is 3. The second kappa shape index (κ2) is 7.87. The Kier molecular flexibility index (Phi) is 6.43. The Hall–Kier alpha value is -1.36. The van der Waals surface area contributed by atoms with Crippen molar-refractivity contribution in [3.63, 3.8) is 0 Å². The van der Waals surface area contributed by atoms with E-state index in [1.807, 2.05) is 19.9 Å². The molecule has 0 aromatic carbocycles. The Bertz CT molecular complexity index is 353. The first-order valence-electron chi connectivity index (χ1n) is 6.64. The highest BCUT2D eigenvalue weighted by atomic mass is 16.5. The SMILES string of the molecule is CCNc1nc(C)cc(OCCN(CC)CC)n1. The minimum Gasteiger partial charge on any atom is -0.476 e. The van der Waals surface area contributed by atoms with Gasteiger partial charge in [0, 0.05) is 24.8 Å². The zero-order valence-electron chi connectivity index (χ0n) is 11.9. The van der Waals surface area contributed by atoms with Crippen LogP contribution in [0.5, 0.6) is 5.88 Å². The molecule has 0 bridgehead atoms. The molecular formula is C13H24N4O. The van der Waals surface area contributed by atoms with Crippen molar-refractivity contribution in [1.29, 1.82) is 0 Å². The molecule has 0 aliphatic rings. The zero-order chi connectivity index (χ0) is 13.4. The number of anilines is 1. The standard InChI is InChI=1S/C13H24N4O/c1-5-14-13-15-11(4)10-12(16-13)18-9-8-17(6-2)7-3/h10H,5-9H2,1-4H3,(H,14,15,16).